The summed E-state index contributed by atoms with van der Waals surface area (Å²) in [5, 5.41) is 6.46. The lowest BCUT2D eigenvalue weighted by Gasteiger charge is -2.36. The highest BCUT2D eigenvalue weighted by atomic mass is 32.2. The van der Waals surface area contributed by atoms with Gasteiger partial charge in [-0.1, -0.05) is 6.07 Å². The minimum absolute atomic E-state index is 0.121. The van der Waals surface area contributed by atoms with Crippen LogP contribution >= 0.6 is 0 Å². The van der Waals surface area contributed by atoms with E-state index in [0.29, 0.717) is 31.9 Å². The van der Waals surface area contributed by atoms with E-state index in [9.17, 15) is 13.2 Å². The van der Waals surface area contributed by atoms with Gasteiger partial charge in [0.15, 0.2) is 5.95 Å². The molecule has 9 nitrogen and oxygen atoms in total. The average Bonchev–Trinajstić information content (AvgIpc) is 3.34. The molecule has 0 saturated carbocycles. The molecule has 2 aromatic rings. The number of hydrogen-bond donors (Lipinski definition) is 4. The zero-order valence-corrected chi connectivity index (χ0v) is 20.0. The topological polar surface area (TPSA) is 119 Å². The lowest BCUT2D eigenvalue weighted by molar-refractivity contribution is -0.136. The number of likely N-dealkylation sites (tertiary alicyclic amines) is 1. The fraction of sp³-hybridized carbons (Fsp3) is 0.565. The van der Waals surface area contributed by atoms with Crippen LogP contribution < -0.4 is 15.4 Å². The summed E-state index contributed by atoms with van der Waals surface area (Å²) in [6.45, 7) is 4.88. The van der Waals surface area contributed by atoms with Crippen molar-refractivity contribution >= 4 is 21.9 Å². The average molecular weight is 475 g/mol. The number of benzene rings is 1. The number of aromatic amines is 1. The predicted molar refractivity (Wildman–Crippen MR) is 127 cm³/mol. The van der Waals surface area contributed by atoms with Crippen molar-refractivity contribution in [1.82, 2.24) is 24.9 Å². The van der Waals surface area contributed by atoms with E-state index in [1.807, 2.05) is 17.9 Å². The number of piperidine rings is 1. The molecule has 4 N–H and O–H groups in total. The monoisotopic (exact) mass is 474 g/mol. The highest BCUT2D eigenvalue weighted by molar-refractivity contribution is 7.89. The molecule has 0 spiro atoms. The van der Waals surface area contributed by atoms with Crippen molar-refractivity contribution in [3.8, 4) is 0 Å². The third-order valence-corrected chi connectivity index (χ3v) is 7.99. The van der Waals surface area contributed by atoms with E-state index in [0.717, 1.165) is 49.9 Å². The number of carbonyl (C=O) groups is 1. The highest BCUT2D eigenvalue weighted by Crippen LogP contribution is 2.22. The number of imidazole rings is 1. The molecule has 0 radical (unpaired) electrons. The molecule has 1 aromatic carbocycles. The smallest absolute Gasteiger partial charge is 0.241 e. The van der Waals surface area contributed by atoms with Gasteiger partial charge in [-0.3, -0.25) is 4.79 Å². The van der Waals surface area contributed by atoms with E-state index >= 15 is 0 Å². The van der Waals surface area contributed by atoms with Crippen molar-refractivity contribution in [1.29, 1.82) is 0 Å². The minimum Gasteiger partial charge on any atom is -0.356 e. The van der Waals surface area contributed by atoms with Crippen LogP contribution in [-0.4, -0.2) is 60.9 Å². The van der Waals surface area contributed by atoms with Crippen molar-refractivity contribution in [2.75, 3.05) is 25.0 Å². The van der Waals surface area contributed by atoms with E-state index in [-0.39, 0.29) is 16.8 Å². The van der Waals surface area contributed by atoms with Crippen molar-refractivity contribution in [3.63, 3.8) is 0 Å². The number of nitrogens with zero attached hydrogens (tertiary/aromatic N) is 2. The molecule has 1 fully saturated rings. The first-order valence-corrected chi connectivity index (χ1v) is 13.3. The number of anilines is 1. The molecule has 2 atom stereocenters. The third-order valence-electron chi connectivity index (χ3n) is 6.52. The molecule has 4 rings (SSSR count). The zero-order valence-electron chi connectivity index (χ0n) is 19.1. The van der Waals surface area contributed by atoms with Crippen molar-refractivity contribution in [2.24, 2.45) is 0 Å². The summed E-state index contributed by atoms with van der Waals surface area (Å²) in [6, 6.07) is 4.58. The SMILES string of the molecule is C[C@@H]1CCCCN1C(=O)[C@H](CCCNc1ncc[nH]1)NS(=O)(=O)c1ccc2c(c1)CCNC2. The number of aromatic nitrogens is 2. The van der Waals surface area contributed by atoms with Crippen LogP contribution in [0, 0.1) is 0 Å². The van der Waals surface area contributed by atoms with E-state index in [1.165, 1.54) is 0 Å². The van der Waals surface area contributed by atoms with Crippen LogP contribution in [0.1, 0.15) is 50.2 Å². The fourth-order valence-corrected chi connectivity index (χ4v) is 5.88. The largest absolute Gasteiger partial charge is 0.356 e. The number of carbonyl (C=O) groups excluding carboxylic acids is 1. The number of fused-ring (bicyclic) bond motifs is 1. The molecule has 1 saturated heterocycles. The number of amides is 1. The molecular weight excluding hydrogens is 440 g/mol. The second-order valence-corrected chi connectivity index (χ2v) is 10.6. The van der Waals surface area contributed by atoms with Crippen LogP contribution in [-0.2, 0) is 27.8 Å². The second-order valence-electron chi connectivity index (χ2n) is 8.91. The molecule has 33 heavy (non-hydrogen) atoms. The van der Waals surface area contributed by atoms with Gasteiger partial charge in [0.05, 0.1) is 4.90 Å². The standard InChI is InChI=1S/C23H34N6O3S/c1-17-5-2-3-14-29(17)22(30)21(6-4-10-25-23-26-12-13-27-23)28-33(31,32)20-8-7-19-16-24-11-9-18(19)15-20/h7-8,12-13,15,17,21,24,28H,2-6,9-11,14,16H2,1H3,(H2,25,26,27)/t17-,21+/m1/s1. The summed E-state index contributed by atoms with van der Waals surface area (Å²) < 4.78 is 29.3. The van der Waals surface area contributed by atoms with Gasteiger partial charge in [-0.05, 0) is 75.3 Å². The predicted octanol–water partition coefficient (Wildman–Crippen LogP) is 2.00. The van der Waals surface area contributed by atoms with Crippen molar-refractivity contribution < 1.29 is 13.2 Å². The van der Waals surface area contributed by atoms with Crippen molar-refractivity contribution in [2.45, 2.75) is 69.0 Å². The maximum Gasteiger partial charge on any atom is 0.241 e. The lowest BCUT2D eigenvalue weighted by Crippen LogP contribution is -2.52. The van der Waals surface area contributed by atoms with Crippen molar-refractivity contribution in [3.05, 3.63) is 41.7 Å². The highest BCUT2D eigenvalue weighted by Gasteiger charge is 2.32. The van der Waals surface area contributed by atoms with Crippen LogP contribution in [0.4, 0.5) is 5.95 Å². The normalized spacial score (nSPS) is 19.7. The van der Waals surface area contributed by atoms with Gasteiger partial charge in [0.2, 0.25) is 15.9 Å². The second kappa shape index (κ2) is 10.7. The first-order valence-electron chi connectivity index (χ1n) is 11.8. The number of H-pyrrole nitrogens is 1. The molecule has 0 aliphatic carbocycles. The molecule has 2 aliphatic heterocycles. The van der Waals surface area contributed by atoms with Crippen LogP contribution in [0.15, 0.2) is 35.5 Å². The van der Waals surface area contributed by atoms with Crippen LogP contribution in [0.3, 0.4) is 0 Å². The van der Waals surface area contributed by atoms with Gasteiger partial charge < -0.3 is 20.5 Å². The zero-order chi connectivity index (χ0) is 23.3. The summed E-state index contributed by atoms with van der Waals surface area (Å²) >= 11 is 0. The Labute approximate surface area is 195 Å². The number of rotatable bonds is 9. The van der Waals surface area contributed by atoms with Gasteiger partial charge in [0.25, 0.3) is 0 Å². The Hall–Kier alpha value is -2.43. The van der Waals surface area contributed by atoms with E-state index in [1.54, 1.807) is 24.5 Å². The minimum atomic E-state index is -3.83. The summed E-state index contributed by atoms with van der Waals surface area (Å²) in [5.41, 5.74) is 2.17. The quantitative estimate of drug-likeness (QED) is 0.413. The maximum atomic E-state index is 13.4. The van der Waals surface area contributed by atoms with Gasteiger partial charge in [-0.25, -0.2) is 13.4 Å². The van der Waals surface area contributed by atoms with E-state index in [2.05, 4.69) is 25.3 Å². The fourth-order valence-electron chi connectivity index (χ4n) is 4.61. The van der Waals surface area contributed by atoms with Gasteiger partial charge in [-0.2, -0.15) is 4.72 Å². The first-order chi connectivity index (χ1) is 15.9. The Kier molecular flexibility index (Phi) is 7.67. The third kappa shape index (κ3) is 5.93. The Morgan fingerprint density at radius 2 is 2.18 bits per heavy atom. The molecule has 10 heteroatoms. The maximum absolute atomic E-state index is 13.4. The summed E-state index contributed by atoms with van der Waals surface area (Å²) in [7, 11) is -3.83. The first kappa shape index (κ1) is 23.7. The molecule has 0 bridgehead atoms. The van der Waals surface area contributed by atoms with Gasteiger partial charge in [0.1, 0.15) is 6.04 Å². The Morgan fingerprint density at radius 1 is 1.30 bits per heavy atom. The number of sulfonamides is 1. The van der Waals surface area contributed by atoms with Gasteiger partial charge >= 0.3 is 0 Å². The van der Waals surface area contributed by atoms with E-state index in [4.69, 9.17) is 0 Å². The molecule has 180 valence electrons. The van der Waals surface area contributed by atoms with Crippen LogP contribution in [0.2, 0.25) is 0 Å². The number of hydrogen-bond acceptors (Lipinski definition) is 6. The summed E-state index contributed by atoms with van der Waals surface area (Å²) in [6.07, 6.45) is 8.22. The molecule has 3 heterocycles. The Balaban J connectivity index is 1.48. The van der Waals surface area contributed by atoms with Crippen LogP contribution in [0.5, 0.6) is 0 Å². The lowest BCUT2D eigenvalue weighted by atomic mass is 10.0. The molecule has 1 aromatic heterocycles. The van der Waals surface area contributed by atoms with Gasteiger partial charge in [-0.15, -0.1) is 0 Å². The molecule has 2 aliphatic rings. The summed E-state index contributed by atoms with van der Waals surface area (Å²) in [5.74, 6) is 0.526. The molecule has 1 amide bonds. The number of nitrogens with one attached hydrogen (secondary N) is 4. The molecular formula is C23H34N6O3S. The molecule has 0 unspecified atom stereocenters. The Bertz CT molecular complexity index is 1040. The summed E-state index contributed by atoms with van der Waals surface area (Å²) in [4.78, 5) is 22.6. The van der Waals surface area contributed by atoms with Gasteiger partial charge in [0, 0.05) is 38.1 Å². The Morgan fingerprint density at radius 3 is 2.97 bits per heavy atom. The van der Waals surface area contributed by atoms with Crippen LogP contribution in [0.25, 0.3) is 0 Å². The van der Waals surface area contributed by atoms with E-state index < -0.39 is 16.1 Å².